The molecule has 4 aromatic rings. The fourth-order valence-electron chi connectivity index (χ4n) is 4.24. The molecule has 5 rings (SSSR count). The molecule has 31 heavy (non-hydrogen) atoms. The summed E-state index contributed by atoms with van der Waals surface area (Å²) in [7, 11) is 0. The number of benzene rings is 2. The minimum absolute atomic E-state index is 0.280. The first kappa shape index (κ1) is 20.6. The molecule has 0 saturated heterocycles. The summed E-state index contributed by atoms with van der Waals surface area (Å²) in [6.45, 7) is 2.43. The number of halogens is 2. The van der Waals surface area contributed by atoms with Gasteiger partial charge in [0.25, 0.3) is 5.56 Å². The highest BCUT2D eigenvalue weighted by atomic mass is 35.5. The van der Waals surface area contributed by atoms with Gasteiger partial charge in [0, 0.05) is 4.88 Å². The molecule has 0 fully saturated rings. The van der Waals surface area contributed by atoms with E-state index in [0.29, 0.717) is 27.7 Å². The molecule has 0 radical (unpaired) electrons. The maximum Gasteiger partial charge on any atom is 0.337 e. The van der Waals surface area contributed by atoms with Gasteiger partial charge in [-0.1, -0.05) is 53.0 Å². The highest BCUT2D eigenvalue weighted by Gasteiger charge is 2.24. The Labute approximate surface area is 193 Å². The van der Waals surface area contributed by atoms with Gasteiger partial charge in [-0.15, -0.1) is 11.3 Å². The Balaban J connectivity index is 1.82. The highest BCUT2D eigenvalue weighted by molar-refractivity contribution is 7.18. The standard InChI is InChI=1S/C24H20Cl2N2O2S/c1-14-6-8-15(9-7-14)13-27-23-21(17-4-2-3-5-20(17)31-23)22(29)28(24(27)30)16-10-11-18(25)19(26)12-16/h6-12H,2-5,13H2,1H3. The lowest BCUT2D eigenvalue weighted by molar-refractivity contribution is 0.696. The summed E-state index contributed by atoms with van der Waals surface area (Å²) in [5, 5.41) is 1.35. The molecule has 1 aliphatic carbocycles. The van der Waals surface area contributed by atoms with E-state index in [4.69, 9.17) is 23.2 Å². The van der Waals surface area contributed by atoms with Gasteiger partial charge in [0.1, 0.15) is 4.83 Å². The van der Waals surface area contributed by atoms with Crippen LogP contribution in [0.15, 0.2) is 52.1 Å². The van der Waals surface area contributed by atoms with Crippen LogP contribution < -0.4 is 11.2 Å². The molecule has 0 unspecified atom stereocenters. The number of thiophene rings is 1. The number of aryl methyl sites for hydroxylation is 3. The van der Waals surface area contributed by atoms with Gasteiger partial charge < -0.3 is 0 Å². The predicted molar refractivity (Wildman–Crippen MR) is 129 cm³/mol. The van der Waals surface area contributed by atoms with Crippen molar-refractivity contribution in [3.05, 3.63) is 94.9 Å². The first-order valence-corrected chi connectivity index (χ1v) is 11.8. The molecule has 0 amide bonds. The Kier molecular flexibility index (Phi) is 5.29. The van der Waals surface area contributed by atoms with Crippen LogP contribution in [0.1, 0.15) is 34.4 Å². The van der Waals surface area contributed by atoms with E-state index in [2.05, 4.69) is 0 Å². The van der Waals surface area contributed by atoms with E-state index < -0.39 is 0 Å². The molecule has 0 atom stereocenters. The van der Waals surface area contributed by atoms with Crippen LogP contribution in [0.2, 0.25) is 10.0 Å². The van der Waals surface area contributed by atoms with Crippen LogP contribution >= 0.6 is 34.5 Å². The minimum atomic E-state index is -0.366. The molecular weight excluding hydrogens is 451 g/mol. The van der Waals surface area contributed by atoms with E-state index in [9.17, 15) is 9.59 Å². The van der Waals surface area contributed by atoms with Crippen LogP contribution in [0.3, 0.4) is 0 Å². The molecular formula is C24H20Cl2N2O2S. The summed E-state index contributed by atoms with van der Waals surface area (Å²) in [6.07, 6.45) is 4.00. The molecule has 2 aromatic heterocycles. The van der Waals surface area contributed by atoms with Crippen molar-refractivity contribution in [2.24, 2.45) is 0 Å². The van der Waals surface area contributed by atoms with Crippen molar-refractivity contribution in [2.75, 3.05) is 0 Å². The molecule has 0 N–H and O–H groups in total. The molecule has 2 aromatic carbocycles. The lowest BCUT2D eigenvalue weighted by atomic mass is 9.97. The lowest BCUT2D eigenvalue weighted by Gasteiger charge is -2.14. The van der Waals surface area contributed by atoms with Crippen molar-refractivity contribution in [3.8, 4) is 5.69 Å². The van der Waals surface area contributed by atoms with Crippen molar-refractivity contribution in [3.63, 3.8) is 0 Å². The third-order valence-electron chi connectivity index (χ3n) is 5.86. The predicted octanol–water partition coefficient (Wildman–Crippen LogP) is 5.76. The molecule has 0 bridgehead atoms. The maximum absolute atomic E-state index is 13.6. The number of hydrogen-bond donors (Lipinski definition) is 0. The number of rotatable bonds is 3. The van der Waals surface area contributed by atoms with E-state index in [1.807, 2.05) is 31.2 Å². The van der Waals surface area contributed by atoms with Gasteiger partial charge in [0.15, 0.2) is 0 Å². The zero-order valence-electron chi connectivity index (χ0n) is 17.0. The van der Waals surface area contributed by atoms with E-state index in [1.54, 1.807) is 34.1 Å². The topological polar surface area (TPSA) is 44.0 Å². The van der Waals surface area contributed by atoms with Crippen molar-refractivity contribution >= 4 is 44.8 Å². The zero-order valence-corrected chi connectivity index (χ0v) is 19.3. The first-order chi connectivity index (χ1) is 14.9. The number of fused-ring (bicyclic) bond motifs is 3. The van der Waals surface area contributed by atoms with E-state index in [1.165, 1.54) is 9.44 Å². The molecule has 158 valence electrons. The molecule has 0 saturated carbocycles. The molecule has 2 heterocycles. The van der Waals surface area contributed by atoms with Gasteiger partial charge in [0.05, 0.1) is 27.7 Å². The monoisotopic (exact) mass is 470 g/mol. The fourth-order valence-corrected chi connectivity index (χ4v) is 5.90. The van der Waals surface area contributed by atoms with Crippen LogP contribution in [0, 0.1) is 6.92 Å². The van der Waals surface area contributed by atoms with Crippen molar-refractivity contribution in [1.29, 1.82) is 0 Å². The summed E-state index contributed by atoms with van der Waals surface area (Å²) in [6, 6.07) is 13.0. The maximum atomic E-state index is 13.6. The number of aromatic nitrogens is 2. The number of nitrogens with zero attached hydrogens (tertiary/aromatic N) is 2. The zero-order chi connectivity index (χ0) is 21.7. The van der Waals surface area contributed by atoms with Gasteiger partial charge in [-0.2, -0.15) is 0 Å². The van der Waals surface area contributed by atoms with Gasteiger partial charge in [0.2, 0.25) is 0 Å². The van der Waals surface area contributed by atoms with Crippen LogP contribution in [0.25, 0.3) is 15.9 Å². The van der Waals surface area contributed by atoms with Crippen molar-refractivity contribution in [1.82, 2.24) is 9.13 Å². The summed E-state index contributed by atoms with van der Waals surface area (Å²) >= 11 is 13.9. The molecule has 4 nitrogen and oxygen atoms in total. The Morgan fingerprint density at radius 1 is 0.968 bits per heavy atom. The normalized spacial score (nSPS) is 13.5. The van der Waals surface area contributed by atoms with Gasteiger partial charge in [-0.3, -0.25) is 9.36 Å². The average Bonchev–Trinajstić information content (AvgIpc) is 3.15. The second-order valence-corrected chi connectivity index (χ2v) is 9.88. The van der Waals surface area contributed by atoms with Crippen LogP contribution in [0.4, 0.5) is 0 Å². The SMILES string of the molecule is Cc1ccc(Cn2c(=O)n(-c3ccc(Cl)c(Cl)c3)c(=O)c3c4c(sc32)CCCC4)cc1. The fraction of sp³-hybridized carbons (Fsp3) is 0.250. The van der Waals surface area contributed by atoms with Gasteiger partial charge in [-0.05, 0) is 61.9 Å². The van der Waals surface area contributed by atoms with Gasteiger partial charge in [-0.25, -0.2) is 9.36 Å². The largest absolute Gasteiger partial charge is 0.337 e. The Morgan fingerprint density at radius 3 is 2.45 bits per heavy atom. The Morgan fingerprint density at radius 2 is 1.71 bits per heavy atom. The minimum Gasteiger partial charge on any atom is -0.280 e. The van der Waals surface area contributed by atoms with Crippen molar-refractivity contribution < 1.29 is 0 Å². The second kappa shape index (κ2) is 7.97. The molecule has 0 spiro atoms. The summed E-state index contributed by atoms with van der Waals surface area (Å²) in [4.78, 5) is 29.2. The molecule has 1 aliphatic rings. The van der Waals surface area contributed by atoms with E-state index in [-0.39, 0.29) is 11.2 Å². The van der Waals surface area contributed by atoms with E-state index >= 15 is 0 Å². The smallest absolute Gasteiger partial charge is 0.280 e. The number of hydrogen-bond acceptors (Lipinski definition) is 3. The third-order valence-corrected chi connectivity index (χ3v) is 7.91. The summed E-state index contributed by atoms with van der Waals surface area (Å²) in [5.74, 6) is 0. The Bertz CT molecular complexity index is 1430. The van der Waals surface area contributed by atoms with E-state index in [0.717, 1.165) is 47.2 Å². The third kappa shape index (κ3) is 3.55. The average molecular weight is 471 g/mol. The Hall–Kier alpha value is -2.34. The first-order valence-electron chi connectivity index (χ1n) is 10.2. The van der Waals surface area contributed by atoms with Crippen LogP contribution in [-0.4, -0.2) is 9.13 Å². The molecule has 0 aliphatic heterocycles. The highest BCUT2D eigenvalue weighted by Crippen LogP contribution is 2.34. The summed E-state index contributed by atoms with van der Waals surface area (Å²) < 4.78 is 2.97. The van der Waals surface area contributed by atoms with Gasteiger partial charge >= 0.3 is 5.69 Å². The quantitative estimate of drug-likeness (QED) is 0.382. The lowest BCUT2D eigenvalue weighted by Crippen LogP contribution is -2.39. The molecule has 7 heteroatoms. The second-order valence-electron chi connectivity index (χ2n) is 7.98. The van der Waals surface area contributed by atoms with Crippen LogP contribution in [0.5, 0.6) is 0 Å². The van der Waals surface area contributed by atoms with Crippen LogP contribution in [-0.2, 0) is 19.4 Å². The summed E-state index contributed by atoms with van der Waals surface area (Å²) in [5.41, 5.74) is 3.06. The van der Waals surface area contributed by atoms with Crippen molar-refractivity contribution in [2.45, 2.75) is 39.2 Å².